The Balaban J connectivity index is 2.18. The number of esters is 1. The molecule has 21 heavy (non-hydrogen) atoms. The Morgan fingerprint density at radius 2 is 1.86 bits per heavy atom. The molecule has 5 heteroatoms. The van der Waals surface area contributed by atoms with Gasteiger partial charge in [-0.1, -0.05) is 15.9 Å². The standard InChI is InChI=1S/C16H12BrNO3/c1-20-16(19)9-12-8-14(6-7-15(12)17)21-13-4-2-11(10-18)3-5-13/h2-8H,9H2,1H3. The predicted molar refractivity (Wildman–Crippen MR) is 81.1 cm³/mol. The Bertz CT molecular complexity index is 690. The zero-order chi connectivity index (χ0) is 15.2. The SMILES string of the molecule is COC(=O)Cc1cc(Oc2ccc(C#N)cc2)ccc1Br. The van der Waals surface area contributed by atoms with E-state index in [0.29, 0.717) is 17.1 Å². The van der Waals surface area contributed by atoms with Gasteiger partial charge in [0, 0.05) is 4.47 Å². The summed E-state index contributed by atoms with van der Waals surface area (Å²) in [6.07, 6.45) is 0.168. The average molecular weight is 346 g/mol. The van der Waals surface area contributed by atoms with E-state index >= 15 is 0 Å². The molecule has 106 valence electrons. The van der Waals surface area contributed by atoms with Gasteiger partial charge in [0.25, 0.3) is 0 Å². The van der Waals surface area contributed by atoms with Crippen molar-refractivity contribution in [1.82, 2.24) is 0 Å². The molecule has 0 unspecified atom stereocenters. The Morgan fingerprint density at radius 3 is 2.48 bits per heavy atom. The zero-order valence-corrected chi connectivity index (χ0v) is 12.9. The lowest BCUT2D eigenvalue weighted by Gasteiger charge is -2.09. The molecule has 2 aromatic carbocycles. The summed E-state index contributed by atoms with van der Waals surface area (Å²) in [5, 5.41) is 8.75. The third kappa shape index (κ3) is 4.07. The maximum atomic E-state index is 11.4. The highest BCUT2D eigenvalue weighted by Gasteiger charge is 2.09. The van der Waals surface area contributed by atoms with Crippen LogP contribution in [0.4, 0.5) is 0 Å². The van der Waals surface area contributed by atoms with Crippen LogP contribution in [-0.4, -0.2) is 13.1 Å². The average Bonchev–Trinajstić information content (AvgIpc) is 2.51. The van der Waals surface area contributed by atoms with Crippen molar-refractivity contribution in [3.63, 3.8) is 0 Å². The number of carbonyl (C=O) groups excluding carboxylic acids is 1. The Morgan fingerprint density at radius 1 is 1.19 bits per heavy atom. The van der Waals surface area contributed by atoms with E-state index in [-0.39, 0.29) is 12.4 Å². The number of hydrogen-bond acceptors (Lipinski definition) is 4. The van der Waals surface area contributed by atoms with Crippen molar-refractivity contribution in [2.45, 2.75) is 6.42 Å². The highest BCUT2D eigenvalue weighted by atomic mass is 79.9. The van der Waals surface area contributed by atoms with Crippen molar-refractivity contribution in [3.05, 3.63) is 58.1 Å². The first-order chi connectivity index (χ1) is 10.1. The molecule has 4 nitrogen and oxygen atoms in total. The monoisotopic (exact) mass is 345 g/mol. The lowest BCUT2D eigenvalue weighted by atomic mass is 10.1. The molecule has 0 spiro atoms. The molecule has 0 radical (unpaired) electrons. The lowest BCUT2D eigenvalue weighted by Crippen LogP contribution is -2.05. The quantitative estimate of drug-likeness (QED) is 0.790. The third-order valence-electron chi connectivity index (χ3n) is 2.80. The van der Waals surface area contributed by atoms with Crippen molar-refractivity contribution in [3.8, 4) is 17.6 Å². The Labute approximate surface area is 131 Å². The predicted octanol–water partition coefficient (Wildman–Crippen LogP) is 3.83. The largest absolute Gasteiger partial charge is 0.469 e. The topological polar surface area (TPSA) is 59.3 Å². The minimum Gasteiger partial charge on any atom is -0.469 e. The first kappa shape index (κ1) is 15.1. The number of ether oxygens (including phenoxy) is 2. The molecule has 0 aliphatic carbocycles. The molecule has 0 fully saturated rings. The first-order valence-electron chi connectivity index (χ1n) is 6.15. The van der Waals surface area contributed by atoms with E-state index in [1.54, 1.807) is 36.4 Å². The van der Waals surface area contributed by atoms with Crippen LogP contribution in [0.1, 0.15) is 11.1 Å². The summed E-state index contributed by atoms with van der Waals surface area (Å²) in [7, 11) is 1.35. The summed E-state index contributed by atoms with van der Waals surface area (Å²) in [5.74, 6) is 0.924. The van der Waals surface area contributed by atoms with Crippen LogP contribution in [0.2, 0.25) is 0 Å². The zero-order valence-electron chi connectivity index (χ0n) is 11.3. The molecule has 0 bridgehead atoms. The summed E-state index contributed by atoms with van der Waals surface area (Å²) in [6.45, 7) is 0. The molecule has 0 aliphatic heterocycles. The summed E-state index contributed by atoms with van der Waals surface area (Å²) < 4.78 is 11.2. The number of nitrogens with zero attached hydrogens (tertiary/aromatic N) is 1. The van der Waals surface area contributed by atoms with Gasteiger partial charge in [-0.05, 0) is 48.0 Å². The second-order valence-electron chi connectivity index (χ2n) is 4.24. The molecule has 0 aliphatic rings. The molecule has 0 saturated heterocycles. The summed E-state index contributed by atoms with van der Waals surface area (Å²) in [5.41, 5.74) is 1.36. The van der Waals surface area contributed by atoms with Gasteiger partial charge in [0.1, 0.15) is 11.5 Å². The van der Waals surface area contributed by atoms with E-state index in [0.717, 1.165) is 10.0 Å². The minimum atomic E-state index is -0.314. The van der Waals surface area contributed by atoms with Crippen LogP contribution in [0, 0.1) is 11.3 Å². The number of methoxy groups -OCH3 is 1. The minimum absolute atomic E-state index is 0.168. The van der Waals surface area contributed by atoms with Crippen LogP contribution in [-0.2, 0) is 16.0 Å². The molecule has 0 heterocycles. The Kier molecular flexibility index (Phi) is 4.96. The fourth-order valence-corrected chi connectivity index (χ4v) is 2.10. The Hall–Kier alpha value is -2.32. The molecule has 2 rings (SSSR count). The van der Waals surface area contributed by atoms with Gasteiger partial charge in [0.15, 0.2) is 0 Å². The number of rotatable bonds is 4. The second kappa shape index (κ2) is 6.91. The summed E-state index contributed by atoms with van der Waals surface area (Å²) >= 11 is 3.39. The molecule has 0 aromatic heterocycles. The number of nitriles is 1. The van der Waals surface area contributed by atoms with Crippen LogP contribution >= 0.6 is 15.9 Å². The van der Waals surface area contributed by atoms with E-state index in [9.17, 15) is 4.79 Å². The van der Waals surface area contributed by atoms with Gasteiger partial charge in [-0.25, -0.2) is 0 Å². The smallest absolute Gasteiger partial charge is 0.310 e. The number of hydrogen-bond donors (Lipinski definition) is 0. The van der Waals surface area contributed by atoms with Crippen molar-refractivity contribution in [2.24, 2.45) is 0 Å². The van der Waals surface area contributed by atoms with Crippen LogP contribution in [0.5, 0.6) is 11.5 Å². The van der Waals surface area contributed by atoms with Gasteiger partial charge in [0.05, 0.1) is 25.2 Å². The van der Waals surface area contributed by atoms with Gasteiger partial charge >= 0.3 is 5.97 Å². The van der Waals surface area contributed by atoms with Crippen molar-refractivity contribution < 1.29 is 14.3 Å². The van der Waals surface area contributed by atoms with Crippen LogP contribution in [0.3, 0.4) is 0 Å². The number of carbonyl (C=O) groups is 1. The molecule has 0 amide bonds. The van der Waals surface area contributed by atoms with Gasteiger partial charge in [-0.3, -0.25) is 4.79 Å². The second-order valence-corrected chi connectivity index (χ2v) is 5.10. The maximum absolute atomic E-state index is 11.4. The lowest BCUT2D eigenvalue weighted by molar-refractivity contribution is -0.139. The van der Waals surface area contributed by atoms with E-state index in [2.05, 4.69) is 20.7 Å². The normalized spacial score (nSPS) is 9.76. The van der Waals surface area contributed by atoms with E-state index in [4.69, 9.17) is 10.00 Å². The van der Waals surface area contributed by atoms with E-state index < -0.39 is 0 Å². The van der Waals surface area contributed by atoms with Crippen LogP contribution in [0.25, 0.3) is 0 Å². The summed E-state index contributed by atoms with van der Waals surface area (Å²) in [6, 6.07) is 14.3. The first-order valence-corrected chi connectivity index (χ1v) is 6.95. The number of halogens is 1. The van der Waals surface area contributed by atoms with Crippen LogP contribution in [0.15, 0.2) is 46.9 Å². The molecule has 0 atom stereocenters. The highest BCUT2D eigenvalue weighted by Crippen LogP contribution is 2.27. The van der Waals surface area contributed by atoms with Gasteiger partial charge in [-0.2, -0.15) is 5.26 Å². The molecular weight excluding hydrogens is 334 g/mol. The van der Waals surface area contributed by atoms with Crippen molar-refractivity contribution in [1.29, 1.82) is 5.26 Å². The van der Waals surface area contributed by atoms with Gasteiger partial charge < -0.3 is 9.47 Å². The molecule has 0 N–H and O–H groups in total. The highest BCUT2D eigenvalue weighted by molar-refractivity contribution is 9.10. The van der Waals surface area contributed by atoms with Crippen molar-refractivity contribution in [2.75, 3.05) is 7.11 Å². The fourth-order valence-electron chi connectivity index (χ4n) is 1.71. The molecule has 2 aromatic rings. The van der Waals surface area contributed by atoms with Gasteiger partial charge in [-0.15, -0.1) is 0 Å². The number of benzene rings is 2. The maximum Gasteiger partial charge on any atom is 0.310 e. The van der Waals surface area contributed by atoms with Crippen LogP contribution < -0.4 is 4.74 Å². The van der Waals surface area contributed by atoms with Gasteiger partial charge in [0.2, 0.25) is 0 Å². The third-order valence-corrected chi connectivity index (χ3v) is 3.57. The summed E-state index contributed by atoms with van der Waals surface area (Å²) in [4.78, 5) is 11.4. The van der Waals surface area contributed by atoms with Crippen molar-refractivity contribution >= 4 is 21.9 Å². The fraction of sp³-hybridized carbons (Fsp3) is 0.125. The molecular formula is C16H12BrNO3. The molecule has 0 saturated carbocycles. The van der Waals surface area contributed by atoms with E-state index in [1.807, 2.05) is 12.1 Å². The van der Waals surface area contributed by atoms with E-state index in [1.165, 1.54) is 7.11 Å².